The molecule has 1 aromatic rings. The second-order valence-electron chi connectivity index (χ2n) is 5.67. The van der Waals surface area contributed by atoms with E-state index in [-0.39, 0.29) is 5.82 Å². The van der Waals surface area contributed by atoms with Crippen LogP contribution in [0, 0.1) is 23.6 Å². The van der Waals surface area contributed by atoms with Crippen molar-refractivity contribution in [2.45, 2.75) is 31.7 Å². The predicted molar refractivity (Wildman–Crippen MR) is 72.3 cm³/mol. The van der Waals surface area contributed by atoms with Crippen LogP contribution in [0.5, 0.6) is 0 Å². The molecule has 3 heteroatoms. The van der Waals surface area contributed by atoms with Crippen LogP contribution in [-0.4, -0.2) is 13.1 Å². The summed E-state index contributed by atoms with van der Waals surface area (Å²) in [5.74, 6) is 2.41. The van der Waals surface area contributed by atoms with Crippen molar-refractivity contribution in [3.05, 3.63) is 34.6 Å². The van der Waals surface area contributed by atoms with Crippen molar-refractivity contribution in [1.29, 1.82) is 0 Å². The van der Waals surface area contributed by atoms with E-state index in [4.69, 9.17) is 11.6 Å². The maximum Gasteiger partial charge on any atom is 0.123 e. The minimum Gasteiger partial charge on any atom is -0.316 e. The highest BCUT2D eigenvalue weighted by molar-refractivity contribution is 6.31. The molecule has 3 atom stereocenters. The number of likely N-dealkylation sites (N-methyl/N-ethyl adjacent to an activating group) is 1. The molecule has 2 fully saturated rings. The molecular weight excluding hydrogens is 249 g/mol. The van der Waals surface area contributed by atoms with Crippen LogP contribution in [0.25, 0.3) is 0 Å². The molecule has 0 saturated heterocycles. The van der Waals surface area contributed by atoms with Crippen LogP contribution in [0.1, 0.15) is 24.8 Å². The fourth-order valence-corrected chi connectivity index (χ4v) is 4.04. The standard InChI is InChI=1S/C15H19ClFN/c1-18-14(15-11-3-2-4-12(11)15)8-9-7-10(17)5-6-13(9)16/h5-7,11-12,14-15,18H,2-4,8H2,1H3. The summed E-state index contributed by atoms with van der Waals surface area (Å²) in [5.41, 5.74) is 0.931. The van der Waals surface area contributed by atoms with Gasteiger partial charge < -0.3 is 5.32 Å². The van der Waals surface area contributed by atoms with Crippen LogP contribution in [0.15, 0.2) is 18.2 Å². The molecule has 0 radical (unpaired) electrons. The van der Waals surface area contributed by atoms with Gasteiger partial charge in [0, 0.05) is 11.1 Å². The van der Waals surface area contributed by atoms with Gasteiger partial charge >= 0.3 is 0 Å². The molecule has 98 valence electrons. The fraction of sp³-hybridized carbons (Fsp3) is 0.600. The van der Waals surface area contributed by atoms with E-state index in [9.17, 15) is 4.39 Å². The largest absolute Gasteiger partial charge is 0.316 e. The lowest BCUT2D eigenvalue weighted by Gasteiger charge is -2.19. The molecule has 1 N–H and O–H groups in total. The van der Waals surface area contributed by atoms with Gasteiger partial charge in [-0.3, -0.25) is 0 Å². The Balaban J connectivity index is 1.72. The van der Waals surface area contributed by atoms with Crippen LogP contribution in [0.4, 0.5) is 4.39 Å². The Hall–Kier alpha value is -0.600. The molecule has 1 nitrogen and oxygen atoms in total. The predicted octanol–water partition coefficient (Wildman–Crippen LogP) is 3.66. The summed E-state index contributed by atoms with van der Waals surface area (Å²) in [6.45, 7) is 0. The van der Waals surface area contributed by atoms with E-state index in [0.717, 1.165) is 29.7 Å². The van der Waals surface area contributed by atoms with Gasteiger partial charge in [-0.15, -0.1) is 0 Å². The lowest BCUT2D eigenvalue weighted by atomic mass is 9.97. The number of benzene rings is 1. The molecule has 2 saturated carbocycles. The first-order valence-corrected chi connectivity index (χ1v) is 7.19. The summed E-state index contributed by atoms with van der Waals surface area (Å²) in [7, 11) is 2.01. The Kier molecular flexibility index (Phi) is 3.33. The third-order valence-corrected chi connectivity index (χ3v) is 5.12. The van der Waals surface area contributed by atoms with Crippen molar-refractivity contribution < 1.29 is 4.39 Å². The van der Waals surface area contributed by atoms with Crippen molar-refractivity contribution in [1.82, 2.24) is 5.32 Å². The molecule has 3 rings (SSSR count). The van der Waals surface area contributed by atoms with E-state index in [1.807, 2.05) is 7.05 Å². The quantitative estimate of drug-likeness (QED) is 0.878. The smallest absolute Gasteiger partial charge is 0.123 e. The fourth-order valence-electron chi connectivity index (χ4n) is 3.84. The second-order valence-corrected chi connectivity index (χ2v) is 6.08. The third kappa shape index (κ3) is 2.17. The Morgan fingerprint density at radius 2 is 2.11 bits per heavy atom. The summed E-state index contributed by atoms with van der Waals surface area (Å²) < 4.78 is 13.3. The highest BCUT2D eigenvalue weighted by Crippen LogP contribution is 2.59. The number of rotatable bonds is 4. The minimum atomic E-state index is -0.194. The first-order chi connectivity index (χ1) is 8.70. The maximum absolute atomic E-state index is 13.3. The van der Waals surface area contributed by atoms with E-state index in [0.29, 0.717) is 11.1 Å². The zero-order valence-electron chi connectivity index (χ0n) is 10.6. The van der Waals surface area contributed by atoms with Crippen LogP contribution >= 0.6 is 11.6 Å². The van der Waals surface area contributed by atoms with Gasteiger partial charge in [-0.05, 0) is 67.8 Å². The SMILES string of the molecule is CNC(Cc1cc(F)ccc1Cl)C1C2CCCC21. The Labute approximate surface area is 113 Å². The molecule has 1 aromatic carbocycles. The number of nitrogens with one attached hydrogen (secondary N) is 1. The van der Waals surface area contributed by atoms with Crippen LogP contribution < -0.4 is 5.32 Å². The van der Waals surface area contributed by atoms with Gasteiger partial charge in [0.05, 0.1) is 0 Å². The Morgan fingerprint density at radius 1 is 1.39 bits per heavy atom. The first kappa shape index (κ1) is 12.4. The van der Waals surface area contributed by atoms with Gasteiger partial charge in [-0.25, -0.2) is 4.39 Å². The number of hydrogen-bond donors (Lipinski definition) is 1. The van der Waals surface area contributed by atoms with Crippen molar-refractivity contribution in [3.63, 3.8) is 0 Å². The van der Waals surface area contributed by atoms with Crippen molar-refractivity contribution in [2.24, 2.45) is 17.8 Å². The molecule has 0 aromatic heterocycles. The van der Waals surface area contributed by atoms with Gasteiger partial charge in [0.25, 0.3) is 0 Å². The number of fused-ring (bicyclic) bond motifs is 1. The summed E-state index contributed by atoms with van der Waals surface area (Å²) >= 11 is 6.15. The Bertz CT molecular complexity index is 438. The molecular formula is C15H19ClFN. The van der Waals surface area contributed by atoms with Gasteiger partial charge in [-0.2, -0.15) is 0 Å². The molecule has 18 heavy (non-hydrogen) atoms. The average molecular weight is 268 g/mol. The topological polar surface area (TPSA) is 12.0 Å². The molecule has 0 heterocycles. The van der Waals surface area contributed by atoms with Gasteiger partial charge in [0.1, 0.15) is 5.82 Å². The zero-order chi connectivity index (χ0) is 12.7. The summed E-state index contributed by atoms with van der Waals surface area (Å²) in [6.07, 6.45) is 4.99. The van der Waals surface area contributed by atoms with Gasteiger partial charge in [0.15, 0.2) is 0 Å². The number of halogens is 2. The first-order valence-electron chi connectivity index (χ1n) is 6.82. The molecule has 2 aliphatic rings. The van der Waals surface area contributed by atoms with E-state index < -0.39 is 0 Å². The molecule has 0 spiro atoms. The molecule has 2 aliphatic carbocycles. The van der Waals surface area contributed by atoms with E-state index >= 15 is 0 Å². The van der Waals surface area contributed by atoms with Crippen LogP contribution in [-0.2, 0) is 6.42 Å². The van der Waals surface area contributed by atoms with Gasteiger partial charge in [-0.1, -0.05) is 18.0 Å². The molecule has 0 bridgehead atoms. The second kappa shape index (κ2) is 4.82. The summed E-state index contributed by atoms with van der Waals surface area (Å²) in [5, 5.41) is 4.09. The molecule has 3 unspecified atom stereocenters. The highest BCUT2D eigenvalue weighted by Gasteiger charge is 2.55. The van der Waals surface area contributed by atoms with Gasteiger partial charge in [0.2, 0.25) is 0 Å². The summed E-state index contributed by atoms with van der Waals surface area (Å²) in [4.78, 5) is 0. The molecule has 0 aliphatic heterocycles. The van der Waals surface area contributed by atoms with Crippen molar-refractivity contribution in [3.8, 4) is 0 Å². The van der Waals surface area contributed by atoms with E-state index in [1.165, 1.54) is 25.3 Å². The normalized spacial score (nSPS) is 31.2. The highest BCUT2D eigenvalue weighted by atomic mass is 35.5. The lowest BCUT2D eigenvalue weighted by molar-refractivity contribution is 0.428. The van der Waals surface area contributed by atoms with Crippen molar-refractivity contribution >= 4 is 11.6 Å². The molecule has 0 amide bonds. The van der Waals surface area contributed by atoms with Crippen LogP contribution in [0.3, 0.4) is 0 Å². The zero-order valence-corrected chi connectivity index (χ0v) is 11.4. The average Bonchev–Trinajstić information content (AvgIpc) is 2.83. The van der Waals surface area contributed by atoms with E-state index in [2.05, 4.69) is 5.32 Å². The number of hydrogen-bond acceptors (Lipinski definition) is 1. The van der Waals surface area contributed by atoms with Crippen LogP contribution in [0.2, 0.25) is 5.02 Å². The third-order valence-electron chi connectivity index (χ3n) is 4.76. The monoisotopic (exact) mass is 267 g/mol. The summed E-state index contributed by atoms with van der Waals surface area (Å²) in [6, 6.07) is 5.10. The maximum atomic E-state index is 13.3. The lowest BCUT2D eigenvalue weighted by Crippen LogP contribution is -2.31. The van der Waals surface area contributed by atoms with Crippen molar-refractivity contribution in [2.75, 3.05) is 7.05 Å². The Morgan fingerprint density at radius 3 is 2.78 bits per heavy atom. The minimum absolute atomic E-state index is 0.194. The van der Waals surface area contributed by atoms with E-state index in [1.54, 1.807) is 12.1 Å².